The Morgan fingerprint density at radius 1 is 1.40 bits per heavy atom. The smallest absolute Gasteiger partial charge is 0.0972 e. The van der Waals surface area contributed by atoms with Gasteiger partial charge < -0.3 is 17.4 Å². The van der Waals surface area contributed by atoms with E-state index in [0.717, 1.165) is 19.3 Å². The maximum absolute atomic E-state index is 11.2. The Morgan fingerprint density at radius 2 is 2.07 bits per heavy atom. The lowest BCUT2D eigenvalue weighted by Gasteiger charge is -2.35. The fourth-order valence-electron chi connectivity index (χ4n) is 1.39. The van der Waals surface area contributed by atoms with Gasteiger partial charge in [-0.3, -0.25) is 0 Å². The summed E-state index contributed by atoms with van der Waals surface area (Å²) in [7, 11) is 0. The van der Waals surface area contributed by atoms with Crippen LogP contribution in [0.4, 0.5) is 0 Å². The molecule has 1 aliphatic heterocycles. The topological polar surface area (TPSA) is 38.8 Å². The molecule has 0 aromatic carbocycles. The lowest BCUT2D eigenvalue weighted by Crippen LogP contribution is -2.45. The van der Waals surface area contributed by atoms with Gasteiger partial charge >= 0.3 is 0 Å². The van der Waals surface area contributed by atoms with Gasteiger partial charge in [-0.05, 0) is 33.6 Å². The Kier molecular flexibility index (Phi) is 4.45. The summed E-state index contributed by atoms with van der Waals surface area (Å²) in [5.41, 5.74) is -0.382. The molecule has 0 saturated carbocycles. The van der Waals surface area contributed by atoms with Crippen LogP contribution < -0.4 is 0 Å². The van der Waals surface area contributed by atoms with Crippen molar-refractivity contribution in [3.63, 3.8) is 0 Å². The zero-order valence-electron chi connectivity index (χ0n) is 9.49. The van der Waals surface area contributed by atoms with E-state index in [1.807, 2.05) is 20.8 Å². The summed E-state index contributed by atoms with van der Waals surface area (Å²) in [6.45, 7) is 6.37. The molecule has 1 fully saturated rings. The van der Waals surface area contributed by atoms with Crippen LogP contribution in [0, 0.1) is 0 Å². The van der Waals surface area contributed by atoms with Gasteiger partial charge in [-0.2, -0.15) is 0 Å². The molecular weight excluding hydrogens is 214 g/mol. The third-order valence-corrected chi connectivity index (χ3v) is 2.38. The predicted octanol–water partition coefficient (Wildman–Crippen LogP) is 1.58. The van der Waals surface area contributed by atoms with Crippen molar-refractivity contribution < 1.29 is 14.7 Å². The summed E-state index contributed by atoms with van der Waals surface area (Å²) in [6, 6.07) is -0.323. The molecule has 0 amide bonds. The molecule has 1 unspecified atom stereocenters. The van der Waals surface area contributed by atoms with E-state index in [4.69, 9.17) is 9.88 Å². The summed E-state index contributed by atoms with van der Waals surface area (Å²) in [5.74, 6) is 0. The first kappa shape index (κ1) is 12.8. The summed E-state index contributed by atoms with van der Waals surface area (Å²) < 4.78 is 0. The Bertz CT molecular complexity index is 227. The molecule has 0 aliphatic carbocycles. The molecule has 1 heterocycles. The normalized spacial score (nSPS) is 24.1. The van der Waals surface area contributed by atoms with E-state index in [-0.39, 0.29) is 16.8 Å². The predicted molar refractivity (Wildman–Crippen MR) is 58.6 cm³/mol. The molecule has 1 rings (SSSR count). The van der Waals surface area contributed by atoms with E-state index in [0.29, 0.717) is 6.54 Å². The van der Waals surface area contributed by atoms with Gasteiger partial charge in [0, 0.05) is 11.7 Å². The van der Waals surface area contributed by atoms with E-state index in [9.17, 15) is 4.79 Å². The average molecular weight is 232 g/mol. The first-order valence-corrected chi connectivity index (χ1v) is 5.64. The summed E-state index contributed by atoms with van der Waals surface area (Å²) >= 11 is 4.67. The van der Waals surface area contributed by atoms with Gasteiger partial charge in [-0.1, -0.05) is 6.42 Å². The molecule has 0 radical (unpaired) electrons. The standard InChI is InChI=1S/C10H19NO3S/c1-10(2,3)13-14-11-7-5-4-6-8(11)9(12)15/h8H,4-7H2,1-3H3,(H,12,15)/p-1. The number of hydrogen-bond acceptors (Lipinski definition) is 5. The highest BCUT2D eigenvalue weighted by atomic mass is 32.1. The molecular formula is C10H18NO3S-. The first-order valence-electron chi connectivity index (χ1n) is 5.23. The van der Waals surface area contributed by atoms with Crippen molar-refractivity contribution >= 4 is 17.7 Å². The molecule has 0 aromatic heterocycles. The molecule has 1 atom stereocenters. The van der Waals surface area contributed by atoms with Gasteiger partial charge in [0.05, 0.1) is 11.6 Å². The van der Waals surface area contributed by atoms with Crippen molar-refractivity contribution in [3.05, 3.63) is 0 Å². The second-order valence-electron chi connectivity index (χ2n) is 4.74. The molecule has 15 heavy (non-hydrogen) atoms. The van der Waals surface area contributed by atoms with Gasteiger partial charge in [0.2, 0.25) is 0 Å². The Labute approximate surface area is 96.2 Å². The molecule has 0 aromatic rings. The lowest BCUT2D eigenvalue weighted by molar-refractivity contribution is -0.468. The molecule has 4 nitrogen and oxygen atoms in total. The van der Waals surface area contributed by atoms with Crippen molar-refractivity contribution in [2.24, 2.45) is 0 Å². The fourth-order valence-corrected chi connectivity index (χ4v) is 1.62. The van der Waals surface area contributed by atoms with Gasteiger partial charge in [0.15, 0.2) is 0 Å². The number of rotatable bonds is 3. The van der Waals surface area contributed by atoms with Crippen LogP contribution in [-0.4, -0.2) is 28.4 Å². The quantitative estimate of drug-likeness (QED) is 0.419. The Morgan fingerprint density at radius 3 is 2.60 bits per heavy atom. The summed E-state index contributed by atoms with van der Waals surface area (Å²) in [4.78, 5) is 21.5. The van der Waals surface area contributed by atoms with Crippen LogP contribution in [0.5, 0.6) is 0 Å². The summed E-state index contributed by atoms with van der Waals surface area (Å²) in [5, 5.41) is 1.29. The van der Waals surface area contributed by atoms with Crippen LogP contribution in [0.25, 0.3) is 0 Å². The fraction of sp³-hybridized carbons (Fsp3) is 0.900. The number of nitrogens with zero attached hydrogens (tertiary/aromatic N) is 1. The van der Waals surface area contributed by atoms with E-state index in [2.05, 4.69) is 12.6 Å². The van der Waals surface area contributed by atoms with Crippen molar-refractivity contribution in [1.82, 2.24) is 5.06 Å². The van der Waals surface area contributed by atoms with Crippen LogP contribution in [0.1, 0.15) is 40.0 Å². The van der Waals surface area contributed by atoms with E-state index in [1.54, 1.807) is 5.06 Å². The summed E-state index contributed by atoms with van der Waals surface area (Å²) in [6.07, 6.45) is 2.78. The molecule has 1 aliphatic rings. The molecule has 5 heteroatoms. The number of hydroxylamine groups is 2. The van der Waals surface area contributed by atoms with E-state index < -0.39 is 0 Å². The van der Waals surface area contributed by atoms with E-state index >= 15 is 0 Å². The maximum atomic E-state index is 11.2. The molecule has 0 spiro atoms. The van der Waals surface area contributed by atoms with Gasteiger partial charge in [-0.15, -0.1) is 10.1 Å². The van der Waals surface area contributed by atoms with Crippen molar-refractivity contribution in [3.8, 4) is 0 Å². The zero-order valence-corrected chi connectivity index (χ0v) is 10.3. The highest BCUT2D eigenvalue weighted by Gasteiger charge is 2.26. The highest BCUT2D eigenvalue weighted by Crippen LogP contribution is 2.19. The molecule has 88 valence electrons. The minimum absolute atomic E-state index is 0.271. The van der Waals surface area contributed by atoms with E-state index in [1.165, 1.54) is 0 Å². The molecule has 0 bridgehead atoms. The third kappa shape index (κ3) is 4.42. The van der Waals surface area contributed by atoms with Crippen LogP contribution in [-0.2, 0) is 27.3 Å². The monoisotopic (exact) mass is 232 g/mol. The number of hydrogen-bond donors (Lipinski definition) is 0. The van der Waals surface area contributed by atoms with Crippen LogP contribution in [0.15, 0.2) is 0 Å². The van der Waals surface area contributed by atoms with Crippen molar-refractivity contribution in [2.75, 3.05) is 6.54 Å². The minimum Gasteiger partial charge on any atom is -0.740 e. The molecule has 0 N–H and O–H groups in total. The Balaban J connectivity index is 2.46. The largest absolute Gasteiger partial charge is 0.740 e. The Hall–Kier alpha value is -0.230. The minimum atomic E-state index is -0.382. The second-order valence-corrected chi connectivity index (χ2v) is 5.14. The van der Waals surface area contributed by atoms with Crippen LogP contribution in [0.2, 0.25) is 0 Å². The average Bonchev–Trinajstić information content (AvgIpc) is 2.14. The third-order valence-electron chi connectivity index (χ3n) is 2.11. The second kappa shape index (κ2) is 5.21. The van der Waals surface area contributed by atoms with Crippen molar-refractivity contribution in [2.45, 2.75) is 51.7 Å². The number of piperidine rings is 1. The molecule has 1 saturated heterocycles. The van der Waals surface area contributed by atoms with Gasteiger partial charge in [0.1, 0.15) is 0 Å². The van der Waals surface area contributed by atoms with Crippen LogP contribution in [0.3, 0.4) is 0 Å². The van der Waals surface area contributed by atoms with Gasteiger partial charge in [0.25, 0.3) is 0 Å². The maximum Gasteiger partial charge on any atom is 0.0972 e. The van der Waals surface area contributed by atoms with Crippen molar-refractivity contribution in [1.29, 1.82) is 0 Å². The van der Waals surface area contributed by atoms with Gasteiger partial charge in [-0.25, -0.2) is 4.89 Å². The lowest BCUT2D eigenvalue weighted by atomic mass is 10.1. The highest BCUT2D eigenvalue weighted by molar-refractivity contribution is 7.77. The first-order chi connectivity index (χ1) is 6.90. The number of carbonyl (C=O) groups is 1. The zero-order chi connectivity index (χ0) is 11.5. The SMILES string of the molecule is CC(C)(C)OON1CCCCC1C(=O)[S-]. The van der Waals surface area contributed by atoms with Crippen LogP contribution >= 0.6 is 0 Å². The number of carbonyl (C=O) groups excluding carboxylic acids is 1.